The van der Waals surface area contributed by atoms with E-state index in [0.717, 1.165) is 26.1 Å². The molecule has 2 heterocycles. The molecule has 0 aromatic heterocycles. The van der Waals surface area contributed by atoms with Crippen LogP contribution in [0.4, 0.5) is 0 Å². The number of amides is 1. The van der Waals surface area contributed by atoms with Crippen LogP contribution in [0.2, 0.25) is 0 Å². The minimum atomic E-state index is -0.455. The zero-order valence-corrected chi connectivity index (χ0v) is 15.8. The van der Waals surface area contributed by atoms with Gasteiger partial charge >= 0.3 is 5.97 Å². The van der Waals surface area contributed by atoms with E-state index in [1.54, 1.807) is 4.90 Å². The van der Waals surface area contributed by atoms with Crippen LogP contribution in [0.1, 0.15) is 42.6 Å². The van der Waals surface area contributed by atoms with E-state index >= 15 is 0 Å². The van der Waals surface area contributed by atoms with Crippen molar-refractivity contribution in [1.29, 1.82) is 0 Å². The minimum Gasteiger partial charge on any atom is -0.467 e. The Labute approximate surface area is 155 Å². The van der Waals surface area contributed by atoms with Crippen LogP contribution in [0, 0.1) is 0 Å². The second kappa shape index (κ2) is 8.18. The molecule has 2 fully saturated rings. The maximum atomic E-state index is 12.8. The molecular formula is C20H28N2O4. The molecule has 26 heavy (non-hydrogen) atoms. The van der Waals surface area contributed by atoms with Gasteiger partial charge in [-0.3, -0.25) is 9.69 Å². The normalized spacial score (nSPS) is 26.7. The van der Waals surface area contributed by atoms with Gasteiger partial charge in [0.05, 0.1) is 19.3 Å². The van der Waals surface area contributed by atoms with Crippen LogP contribution >= 0.6 is 0 Å². The summed E-state index contributed by atoms with van der Waals surface area (Å²) in [7, 11) is 1.37. The van der Waals surface area contributed by atoms with Crippen molar-refractivity contribution in [3.63, 3.8) is 0 Å². The maximum absolute atomic E-state index is 12.8. The zero-order valence-electron chi connectivity index (χ0n) is 15.8. The SMILES string of the molecule is COC(=O)[C@H]1CCCN1C(=O)c1ccc(CN2C[C@@H](C)O[C@@H](C)C2)cc1. The van der Waals surface area contributed by atoms with Gasteiger partial charge in [0.2, 0.25) is 0 Å². The van der Waals surface area contributed by atoms with E-state index in [9.17, 15) is 9.59 Å². The number of esters is 1. The number of hydrogen-bond acceptors (Lipinski definition) is 5. The maximum Gasteiger partial charge on any atom is 0.328 e. The van der Waals surface area contributed by atoms with Gasteiger partial charge in [0, 0.05) is 31.7 Å². The van der Waals surface area contributed by atoms with Crippen molar-refractivity contribution in [3.05, 3.63) is 35.4 Å². The van der Waals surface area contributed by atoms with Crippen molar-refractivity contribution in [2.24, 2.45) is 0 Å². The summed E-state index contributed by atoms with van der Waals surface area (Å²) in [4.78, 5) is 28.6. The minimum absolute atomic E-state index is 0.0990. The largest absolute Gasteiger partial charge is 0.467 e. The fourth-order valence-electron chi connectivity index (χ4n) is 3.98. The summed E-state index contributed by atoms with van der Waals surface area (Å²) in [5.74, 6) is -0.430. The van der Waals surface area contributed by atoms with Crippen LogP contribution in [-0.4, -0.2) is 66.7 Å². The molecule has 0 saturated carbocycles. The van der Waals surface area contributed by atoms with Gasteiger partial charge < -0.3 is 14.4 Å². The summed E-state index contributed by atoms with van der Waals surface area (Å²) in [6.45, 7) is 7.47. The first-order valence-corrected chi connectivity index (χ1v) is 9.33. The van der Waals surface area contributed by atoms with Crippen molar-refractivity contribution in [2.75, 3.05) is 26.7 Å². The van der Waals surface area contributed by atoms with Crippen LogP contribution in [0.25, 0.3) is 0 Å². The Kier molecular flexibility index (Phi) is 5.94. The summed E-state index contributed by atoms with van der Waals surface area (Å²) in [5, 5.41) is 0. The lowest BCUT2D eigenvalue weighted by molar-refractivity contribution is -0.145. The third-order valence-electron chi connectivity index (χ3n) is 5.09. The van der Waals surface area contributed by atoms with Crippen LogP contribution in [-0.2, 0) is 20.8 Å². The third kappa shape index (κ3) is 4.24. The van der Waals surface area contributed by atoms with Gasteiger partial charge in [-0.25, -0.2) is 4.79 Å². The van der Waals surface area contributed by atoms with Crippen molar-refractivity contribution in [1.82, 2.24) is 9.80 Å². The molecule has 2 aliphatic rings. The highest BCUT2D eigenvalue weighted by atomic mass is 16.5. The van der Waals surface area contributed by atoms with Gasteiger partial charge in [0.15, 0.2) is 0 Å². The van der Waals surface area contributed by atoms with Crippen molar-refractivity contribution >= 4 is 11.9 Å². The first-order chi connectivity index (χ1) is 12.5. The quantitative estimate of drug-likeness (QED) is 0.770. The highest BCUT2D eigenvalue weighted by molar-refractivity contribution is 5.97. The van der Waals surface area contributed by atoms with Crippen LogP contribution in [0.5, 0.6) is 0 Å². The van der Waals surface area contributed by atoms with E-state index in [1.807, 2.05) is 24.3 Å². The zero-order chi connectivity index (χ0) is 18.7. The molecular weight excluding hydrogens is 332 g/mol. The summed E-state index contributed by atoms with van der Waals surface area (Å²) >= 11 is 0. The summed E-state index contributed by atoms with van der Waals surface area (Å²) < 4.78 is 10.6. The lowest BCUT2D eigenvalue weighted by Gasteiger charge is -2.35. The Balaban J connectivity index is 1.63. The number of morpholine rings is 1. The first-order valence-electron chi connectivity index (χ1n) is 9.33. The Hall–Kier alpha value is -1.92. The van der Waals surface area contributed by atoms with Gasteiger partial charge in [0.25, 0.3) is 5.91 Å². The van der Waals surface area contributed by atoms with E-state index in [0.29, 0.717) is 18.5 Å². The van der Waals surface area contributed by atoms with Crippen LogP contribution in [0.15, 0.2) is 24.3 Å². The Morgan fingerprint density at radius 3 is 2.42 bits per heavy atom. The summed E-state index contributed by atoms with van der Waals surface area (Å²) in [6, 6.07) is 7.26. The molecule has 2 aliphatic heterocycles. The molecule has 0 bridgehead atoms. The molecule has 142 valence electrons. The number of benzene rings is 1. The fourth-order valence-corrected chi connectivity index (χ4v) is 3.98. The second-order valence-electron chi connectivity index (χ2n) is 7.33. The molecule has 1 amide bonds. The van der Waals surface area contributed by atoms with Gasteiger partial charge in [-0.1, -0.05) is 12.1 Å². The van der Waals surface area contributed by atoms with Gasteiger partial charge in [-0.15, -0.1) is 0 Å². The molecule has 3 rings (SSSR count). The number of hydrogen-bond donors (Lipinski definition) is 0. The van der Waals surface area contributed by atoms with E-state index in [1.165, 1.54) is 12.7 Å². The Bertz CT molecular complexity index is 636. The molecule has 0 radical (unpaired) electrons. The molecule has 6 nitrogen and oxygen atoms in total. The average molecular weight is 360 g/mol. The molecule has 2 saturated heterocycles. The van der Waals surface area contributed by atoms with E-state index < -0.39 is 6.04 Å². The highest BCUT2D eigenvalue weighted by Crippen LogP contribution is 2.22. The van der Waals surface area contributed by atoms with Crippen molar-refractivity contribution in [2.45, 2.75) is 51.5 Å². The fraction of sp³-hybridized carbons (Fsp3) is 0.600. The van der Waals surface area contributed by atoms with Crippen molar-refractivity contribution < 1.29 is 19.1 Å². The average Bonchev–Trinajstić information content (AvgIpc) is 3.10. The molecule has 0 N–H and O–H groups in total. The molecule has 3 atom stereocenters. The van der Waals surface area contributed by atoms with E-state index in [4.69, 9.17) is 9.47 Å². The third-order valence-corrected chi connectivity index (χ3v) is 5.09. The lowest BCUT2D eigenvalue weighted by Crippen LogP contribution is -2.44. The van der Waals surface area contributed by atoms with E-state index in [2.05, 4.69) is 18.7 Å². The number of nitrogens with zero attached hydrogens (tertiary/aromatic N) is 2. The molecule has 6 heteroatoms. The predicted octanol–water partition coefficient (Wildman–Crippen LogP) is 2.07. The van der Waals surface area contributed by atoms with Gasteiger partial charge in [-0.2, -0.15) is 0 Å². The number of rotatable bonds is 4. The van der Waals surface area contributed by atoms with E-state index in [-0.39, 0.29) is 24.1 Å². The smallest absolute Gasteiger partial charge is 0.328 e. The number of carbonyl (C=O) groups excluding carboxylic acids is 2. The molecule has 1 aromatic carbocycles. The summed E-state index contributed by atoms with van der Waals surface area (Å²) in [5.41, 5.74) is 1.79. The van der Waals surface area contributed by atoms with Crippen LogP contribution < -0.4 is 0 Å². The standard InChI is InChI=1S/C20H28N2O4/c1-14-11-21(12-15(2)26-14)13-16-6-8-17(9-7-16)19(23)22-10-4-5-18(22)20(24)25-3/h6-9,14-15,18H,4-5,10-13H2,1-3H3/t14-,15+,18-/m1/s1. The highest BCUT2D eigenvalue weighted by Gasteiger charge is 2.35. The Morgan fingerprint density at radius 2 is 1.81 bits per heavy atom. The van der Waals surface area contributed by atoms with Crippen LogP contribution in [0.3, 0.4) is 0 Å². The molecule has 1 aromatic rings. The monoisotopic (exact) mass is 360 g/mol. The Morgan fingerprint density at radius 1 is 1.15 bits per heavy atom. The second-order valence-corrected chi connectivity index (χ2v) is 7.33. The van der Waals surface area contributed by atoms with Gasteiger partial charge in [0.1, 0.15) is 6.04 Å². The van der Waals surface area contributed by atoms with Crippen molar-refractivity contribution in [3.8, 4) is 0 Å². The predicted molar refractivity (Wildman–Crippen MR) is 97.8 cm³/mol. The molecule has 0 aliphatic carbocycles. The summed E-state index contributed by atoms with van der Waals surface area (Å²) in [6.07, 6.45) is 1.98. The number of likely N-dealkylation sites (tertiary alicyclic amines) is 1. The number of ether oxygens (including phenoxy) is 2. The number of carbonyl (C=O) groups is 2. The topological polar surface area (TPSA) is 59.1 Å². The van der Waals surface area contributed by atoms with Gasteiger partial charge in [-0.05, 0) is 44.4 Å². The molecule has 0 unspecified atom stereocenters. The molecule has 0 spiro atoms. The lowest BCUT2D eigenvalue weighted by atomic mass is 10.1. The number of methoxy groups -OCH3 is 1. The first kappa shape index (κ1) is 18.9.